The largest absolute Gasteiger partial charge is 0.357 e. The van der Waals surface area contributed by atoms with E-state index in [1.165, 1.54) is 0 Å². The summed E-state index contributed by atoms with van der Waals surface area (Å²) >= 11 is 0. The molecule has 0 aromatic heterocycles. The van der Waals surface area contributed by atoms with E-state index in [9.17, 15) is 8.42 Å². The summed E-state index contributed by atoms with van der Waals surface area (Å²) in [5, 5.41) is 6.28. The zero-order valence-corrected chi connectivity index (χ0v) is 12.8. The highest BCUT2D eigenvalue weighted by Crippen LogP contribution is 2.04. The van der Waals surface area contributed by atoms with Crippen molar-refractivity contribution >= 4 is 16.0 Å². The van der Waals surface area contributed by atoms with Crippen LogP contribution in [0, 0.1) is 0 Å². The van der Waals surface area contributed by atoms with Crippen molar-refractivity contribution in [1.82, 2.24) is 15.4 Å². The highest BCUT2D eigenvalue weighted by Gasteiger charge is 2.21. The van der Waals surface area contributed by atoms with Gasteiger partial charge in [0.25, 0.3) is 0 Å². The minimum Gasteiger partial charge on any atom is -0.357 e. The molecule has 6 nitrogen and oxygen atoms in total. The van der Waals surface area contributed by atoms with Crippen molar-refractivity contribution in [3.63, 3.8) is 0 Å². The predicted octanol–water partition coefficient (Wildman–Crippen LogP) is 0.279. The van der Waals surface area contributed by atoms with Gasteiger partial charge in [0.2, 0.25) is 10.0 Å². The fourth-order valence-corrected chi connectivity index (χ4v) is 2.46. The molecule has 0 unspecified atom stereocenters. The summed E-state index contributed by atoms with van der Waals surface area (Å²) in [6, 6.07) is 0. The summed E-state index contributed by atoms with van der Waals surface area (Å²) in [4.78, 5) is 4.37. The van der Waals surface area contributed by atoms with Crippen molar-refractivity contribution in [2.75, 3.05) is 25.9 Å². The standard InChI is InChI=1S/C11H26N4O2S/c1-6-8-13-10(12-7-2)14-9-11(3,4)15-18(5,16)17/h15H,6-9H2,1-5H3,(H2,12,13,14). The van der Waals surface area contributed by atoms with Gasteiger partial charge in [0.15, 0.2) is 5.96 Å². The van der Waals surface area contributed by atoms with Gasteiger partial charge in [0, 0.05) is 18.6 Å². The Kier molecular flexibility index (Phi) is 7.23. The Morgan fingerprint density at radius 3 is 2.28 bits per heavy atom. The summed E-state index contributed by atoms with van der Waals surface area (Å²) in [5.74, 6) is 0.711. The van der Waals surface area contributed by atoms with Crippen LogP contribution in [0.5, 0.6) is 0 Å². The maximum Gasteiger partial charge on any atom is 0.209 e. The maximum atomic E-state index is 11.2. The van der Waals surface area contributed by atoms with E-state index in [-0.39, 0.29) is 0 Å². The molecule has 0 aliphatic rings. The second-order valence-corrected chi connectivity index (χ2v) is 6.63. The second kappa shape index (κ2) is 7.58. The van der Waals surface area contributed by atoms with Crippen LogP contribution >= 0.6 is 0 Å². The lowest BCUT2D eigenvalue weighted by atomic mass is 10.1. The lowest BCUT2D eigenvalue weighted by Crippen LogP contribution is -2.46. The lowest BCUT2D eigenvalue weighted by molar-refractivity contribution is 0.464. The zero-order chi connectivity index (χ0) is 14.2. The summed E-state index contributed by atoms with van der Waals surface area (Å²) < 4.78 is 25.0. The van der Waals surface area contributed by atoms with E-state index in [1.54, 1.807) is 13.8 Å². The Balaban J connectivity index is 4.53. The fourth-order valence-electron chi connectivity index (χ4n) is 1.40. The fraction of sp³-hybridized carbons (Fsp3) is 0.909. The van der Waals surface area contributed by atoms with Crippen LogP contribution in [-0.2, 0) is 10.0 Å². The van der Waals surface area contributed by atoms with E-state index in [2.05, 4.69) is 27.3 Å². The molecule has 0 aromatic carbocycles. The van der Waals surface area contributed by atoms with E-state index in [1.807, 2.05) is 6.92 Å². The van der Waals surface area contributed by atoms with Gasteiger partial charge in [0.1, 0.15) is 0 Å². The number of nitrogens with one attached hydrogen (secondary N) is 3. The highest BCUT2D eigenvalue weighted by atomic mass is 32.2. The van der Waals surface area contributed by atoms with Crippen LogP contribution in [0.15, 0.2) is 4.99 Å². The smallest absolute Gasteiger partial charge is 0.209 e. The summed E-state index contributed by atoms with van der Waals surface area (Å²) in [6.07, 6.45) is 2.16. The Morgan fingerprint density at radius 2 is 1.83 bits per heavy atom. The van der Waals surface area contributed by atoms with Crippen LogP contribution in [0.4, 0.5) is 0 Å². The van der Waals surface area contributed by atoms with E-state index >= 15 is 0 Å². The second-order valence-electron chi connectivity index (χ2n) is 4.88. The molecule has 0 aromatic rings. The van der Waals surface area contributed by atoms with E-state index in [0.29, 0.717) is 12.5 Å². The number of guanidine groups is 1. The first-order chi connectivity index (χ1) is 8.20. The van der Waals surface area contributed by atoms with Crippen LogP contribution in [-0.4, -0.2) is 45.8 Å². The monoisotopic (exact) mass is 278 g/mol. The first-order valence-electron chi connectivity index (χ1n) is 6.21. The molecule has 0 amide bonds. The molecular weight excluding hydrogens is 252 g/mol. The van der Waals surface area contributed by atoms with Gasteiger partial charge in [-0.3, -0.25) is 4.99 Å². The summed E-state index contributed by atoms with van der Waals surface area (Å²) in [5.41, 5.74) is -0.595. The molecule has 0 atom stereocenters. The molecule has 108 valence electrons. The average Bonchev–Trinajstić information content (AvgIpc) is 2.19. The van der Waals surface area contributed by atoms with Crippen molar-refractivity contribution in [1.29, 1.82) is 0 Å². The van der Waals surface area contributed by atoms with Gasteiger partial charge in [-0.15, -0.1) is 0 Å². The van der Waals surface area contributed by atoms with Crippen molar-refractivity contribution in [3.05, 3.63) is 0 Å². The maximum absolute atomic E-state index is 11.2. The minimum absolute atomic E-state index is 0.374. The number of hydrogen-bond acceptors (Lipinski definition) is 3. The normalized spacial score (nSPS) is 13.5. The third-order valence-corrected chi connectivity index (χ3v) is 2.90. The van der Waals surface area contributed by atoms with Crippen molar-refractivity contribution in [2.45, 2.75) is 39.7 Å². The molecule has 0 saturated heterocycles. The molecule has 0 spiro atoms. The molecule has 0 aliphatic heterocycles. The van der Waals surface area contributed by atoms with Crippen molar-refractivity contribution in [3.8, 4) is 0 Å². The summed E-state index contributed by atoms with van der Waals surface area (Å²) in [6.45, 7) is 9.66. The first-order valence-corrected chi connectivity index (χ1v) is 8.10. The average molecular weight is 278 g/mol. The lowest BCUT2D eigenvalue weighted by Gasteiger charge is -2.23. The Labute approximate surface area is 111 Å². The van der Waals surface area contributed by atoms with Crippen LogP contribution in [0.25, 0.3) is 0 Å². The minimum atomic E-state index is -3.22. The first kappa shape index (κ1) is 17.2. The Hall–Kier alpha value is -0.820. The van der Waals surface area contributed by atoms with Gasteiger partial charge < -0.3 is 10.6 Å². The van der Waals surface area contributed by atoms with Crippen LogP contribution in [0.1, 0.15) is 34.1 Å². The number of aliphatic imine (C=N–C) groups is 1. The zero-order valence-electron chi connectivity index (χ0n) is 12.0. The third kappa shape index (κ3) is 9.23. The Bertz CT molecular complexity index is 363. The van der Waals surface area contributed by atoms with Gasteiger partial charge in [-0.2, -0.15) is 0 Å². The van der Waals surface area contributed by atoms with Gasteiger partial charge in [-0.05, 0) is 27.2 Å². The highest BCUT2D eigenvalue weighted by molar-refractivity contribution is 7.88. The van der Waals surface area contributed by atoms with Crippen molar-refractivity contribution < 1.29 is 8.42 Å². The van der Waals surface area contributed by atoms with E-state index in [4.69, 9.17) is 0 Å². The third-order valence-electron chi connectivity index (χ3n) is 1.98. The molecule has 0 saturated carbocycles. The molecule has 0 aliphatic carbocycles. The number of nitrogens with zero attached hydrogens (tertiary/aromatic N) is 1. The van der Waals surface area contributed by atoms with Crippen LogP contribution in [0.3, 0.4) is 0 Å². The molecule has 0 fully saturated rings. The molecule has 0 bridgehead atoms. The molecule has 18 heavy (non-hydrogen) atoms. The quantitative estimate of drug-likeness (QED) is 0.461. The predicted molar refractivity (Wildman–Crippen MR) is 76.3 cm³/mol. The number of sulfonamides is 1. The number of rotatable bonds is 7. The topological polar surface area (TPSA) is 82.6 Å². The van der Waals surface area contributed by atoms with Gasteiger partial charge in [-0.1, -0.05) is 6.92 Å². The SMILES string of the molecule is CCCNC(=NCC(C)(C)NS(C)(=O)=O)NCC. The van der Waals surface area contributed by atoms with E-state index < -0.39 is 15.6 Å². The molecule has 7 heteroatoms. The summed E-state index contributed by atoms with van der Waals surface area (Å²) in [7, 11) is -3.22. The molecule has 0 rings (SSSR count). The van der Waals surface area contributed by atoms with E-state index in [0.717, 1.165) is 25.8 Å². The molecule has 0 radical (unpaired) electrons. The molecule has 0 heterocycles. The number of hydrogen-bond donors (Lipinski definition) is 3. The van der Waals surface area contributed by atoms with Gasteiger partial charge >= 0.3 is 0 Å². The van der Waals surface area contributed by atoms with Crippen LogP contribution in [0.2, 0.25) is 0 Å². The van der Waals surface area contributed by atoms with Gasteiger partial charge in [-0.25, -0.2) is 13.1 Å². The van der Waals surface area contributed by atoms with Crippen molar-refractivity contribution in [2.24, 2.45) is 4.99 Å². The Morgan fingerprint density at radius 1 is 1.22 bits per heavy atom. The molecular formula is C11H26N4O2S. The van der Waals surface area contributed by atoms with Gasteiger partial charge in [0.05, 0.1) is 12.8 Å². The molecule has 3 N–H and O–H groups in total. The van der Waals surface area contributed by atoms with Crippen LogP contribution < -0.4 is 15.4 Å².